The molecule has 5 heteroatoms. The largest absolute Gasteiger partial charge is 0.444 e. The van der Waals surface area contributed by atoms with Crippen LogP contribution in [-0.4, -0.2) is 43.0 Å². The molecule has 0 aromatic heterocycles. The fraction of sp³-hybridized carbons (Fsp3) is 0.889. The Morgan fingerprint density at radius 2 is 1.64 bits per heavy atom. The highest BCUT2D eigenvalue weighted by Crippen LogP contribution is 2.09. The Labute approximate surface area is 83.0 Å². The Morgan fingerprint density at radius 1 is 1.21 bits per heavy atom. The summed E-state index contributed by atoms with van der Waals surface area (Å²) < 4.78 is 28.9. The molecule has 14 heavy (non-hydrogen) atoms. The van der Waals surface area contributed by atoms with Crippen molar-refractivity contribution in [2.24, 2.45) is 0 Å². The minimum absolute atomic E-state index is 0.126. The maximum absolute atomic E-state index is 12.0. The van der Waals surface area contributed by atoms with Gasteiger partial charge in [0.2, 0.25) is 0 Å². The van der Waals surface area contributed by atoms with Crippen LogP contribution in [0.4, 0.5) is 13.6 Å². The fourth-order valence-corrected chi connectivity index (χ4v) is 0.825. The van der Waals surface area contributed by atoms with Gasteiger partial charge in [0, 0.05) is 0 Å². The maximum atomic E-state index is 12.0. The monoisotopic (exact) mass is 209 g/mol. The predicted octanol–water partition coefficient (Wildman–Crippen LogP) is 2.16. The first-order chi connectivity index (χ1) is 6.40. The summed E-state index contributed by atoms with van der Waals surface area (Å²) in [6.07, 6.45) is -0.673. The molecular weight excluding hydrogens is 192 g/mol. The molecule has 0 spiro atoms. The van der Waals surface area contributed by atoms with Crippen LogP contribution in [-0.2, 0) is 4.74 Å². The van der Waals surface area contributed by atoms with Crippen LogP contribution in [0.15, 0.2) is 0 Å². The van der Waals surface area contributed by atoms with Crippen molar-refractivity contribution in [3.8, 4) is 0 Å². The van der Waals surface area contributed by atoms with Gasteiger partial charge in [0.15, 0.2) is 0 Å². The SMILES string of the molecule is CC(C)(C)OC(=O)N(CCF)CCF. The molecule has 0 bridgehead atoms. The highest BCUT2D eigenvalue weighted by Gasteiger charge is 2.21. The standard InChI is InChI=1S/C9H17F2NO2/c1-9(2,3)14-8(13)12(6-4-10)7-5-11/h4-7H2,1-3H3. The molecular formula is C9H17F2NO2. The molecule has 84 valence electrons. The molecule has 0 aliphatic carbocycles. The van der Waals surface area contributed by atoms with Crippen LogP contribution in [0.1, 0.15) is 20.8 Å². The second-order valence-corrected chi connectivity index (χ2v) is 3.85. The average molecular weight is 209 g/mol. The van der Waals surface area contributed by atoms with Crippen molar-refractivity contribution >= 4 is 6.09 Å². The van der Waals surface area contributed by atoms with Crippen molar-refractivity contribution in [2.45, 2.75) is 26.4 Å². The van der Waals surface area contributed by atoms with E-state index in [-0.39, 0.29) is 13.1 Å². The predicted molar refractivity (Wildman–Crippen MR) is 49.8 cm³/mol. The van der Waals surface area contributed by atoms with E-state index in [1.165, 1.54) is 0 Å². The number of halogens is 2. The molecule has 0 saturated heterocycles. The number of carbonyl (C=O) groups excluding carboxylic acids is 1. The van der Waals surface area contributed by atoms with Crippen molar-refractivity contribution in [3.63, 3.8) is 0 Å². The third kappa shape index (κ3) is 5.72. The van der Waals surface area contributed by atoms with Gasteiger partial charge in [0.25, 0.3) is 0 Å². The second-order valence-electron chi connectivity index (χ2n) is 3.85. The van der Waals surface area contributed by atoms with Crippen LogP contribution in [0.5, 0.6) is 0 Å². The molecule has 0 saturated carbocycles. The molecule has 0 rings (SSSR count). The minimum Gasteiger partial charge on any atom is -0.444 e. The smallest absolute Gasteiger partial charge is 0.410 e. The van der Waals surface area contributed by atoms with Crippen molar-refractivity contribution in [3.05, 3.63) is 0 Å². The summed E-state index contributed by atoms with van der Waals surface area (Å²) in [5, 5.41) is 0. The normalized spacial score (nSPS) is 11.2. The molecule has 3 nitrogen and oxygen atoms in total. The molecule has 0 aromatic rings. The van der Waals surface area contributed by atoms with E-state index >= 15 is 0 Å². The quantitative estimate of drug-likeness (QED) is 0.710. The van der Waals surface area contributed by atoms with Crippen molar-refractivity contribution in [2.75, 3.05) is 26.4 Å². The van der Waals surface area contributed by atoms with Crippen molar-refractivity contribution in [1.29, 1.82) is 0 Å². The summed E-state index contributed by atoms with van der Waals surface area (Å²) in [6, 6.07) is 0. The lowest BCUT2D eigenvalue weighted by Gasteiger charge is -2.25. The first-order valence-corrected chi connectivity index (χ1v) is 4.50. The summed E-state index contributed by atoms with van der Waals surface area (Å²) in [5.74, 6) is 0. The Kier molecular flexibility index (Phi) is 5.42. The molecule has 0 heterocycles. The highest BCUT2D eigenvalue weighted by molar-refractivity contribution is 5.68. The topological polar surface area (TPSA) is 29.5 Å². The number of ether oxygens (including phenoxy) is 1. The van der Waals surface area contributed by atoms with Crippen LogP contribution in [0, 0.1) is 0 Å². The molecule has 0 aromatic carbocycles. The summed E-state index contributed by atoms with van der Waals surface area (Å²) in [7, 11) is 0. The van der Waals surface area contributed by atoms with Gasteiger partial charge < -0.3 is 9.64 Å². The fourth-order valence-electron chi connectivity index (χ4n) is 0.825. The number of hydrogen-bond donors (Lipinski definition) is 0. The average Bonchev–Trinajstić information content (AvgIpc) is 2.01. The van der Waals surface area contributed by atoms with Gasteiger partial charge in [-0.1, -0.05) is 0 Å². The van der Waals surface area contributed by atoms with Gasteiger partial charge in [0.1, 0.15) is 19.0 Å². The van der Waals surface area contributed by atoms with Gasteiger partial charge in [0.05, 0.1) is 13.1 Å². The molecule has 0 atom stereocenters. The van der Waals surface area contributed by atoms with E-state index in [9.17, 15) is 13.6 Å². The van der Waals surface area contributed by atoms with Crippen LogP contribution < -0.4 is 0 Å². The molecule has 0 N–H and O–H groups in total. The van der Waals surface area contributed by atoms with E-state index in [0.29, 0.717) is 0 Å². The Balaban J connectivity index is 4.14. The van der Waals surface area contributed by atoms with Crippen molar-refractivity contribution in [1.82, 2.24) is 4.90 Å². The minimum atomic E-state index is -0.695. The molecule has 0 aliphatic heterocycles. The number of rotatable bonds is 4. The first kappa shape index (κ1) is 13.1. The molecule has 0 unspecified atom stereocenters. The summed E-state index contributed by atoms with van der Waals surface area (Å²) in [6.45, 7) is 3.46. The van der Waals surface area contributed by atoms with Crippen molar-refractivity contribution < 1.29 is 18.3 Å². The number of nitrogens with zero attached hydrogens (tertiary/aromatic N) is 1. The van der Waals surface area contributed by atoms with Crippen LogP contribution >= 0.6 is 0 Å². The van der Waals surface area contributed by atoms with E-state index in [4.69, 9.17) is 4.74 Å². The maximum Gasteiger partial charge on any atom is 0.410 e. The highest BCUT2D eigenvalue weighted by atomic mass is 19.1. The van der Waals surface area contributed by atoms with Crippen LogP contribution in [0.3, 0.4) is 0 Å². The van der Waals surface area contributed by atoms with E-state index < -0.39 is 25.0 Å². The molecule has 1 amide bonds. The lowest BCUT2D eigenvalue weighted by Crippen LogP contribution is -2.39. The molecule has 0 fully saturated rings. The van der Waals surface area contributed by atoms with Gasteiger partial charge in [-0.3, -0.25) is 0 Å². The first-order valence-electron chi connectivity index (χ1n) is 4.50. The van der Waals surface area contributed by atoms with Gasteiger partial charge in [-0.15, -0.1) is 0 Å². The molecule has 0 aliphatic rings. The van der Waals surface area contributed by atoms with E-state index in [1.807, 2.05) is 0 Å². The Bertz CT molecular complexity index is 174. The Morgan fingerprint density at radius 3 is 1.93 bits per heavy atom. The number of carbonyl (C=O) groups is 1. The number of alkyl halides is 2. The zero-order valence-electron chi connectivity index (χ0n) is 8.85. The third-order valence-electron chi connectivity index (χ3n) is 1.36. The van der Waals surface area contributed by atoms with Gasteiger partial charge in [-0.2, -0.15) is 0 Å². The zero-order chi connectivity index (χ0) is 11.2. The summed E-state index contributed by atoms with van der Waals surface area (Å²) in [5.41, 5.74) is -0.637. The molecule has 0 radical (unpaired) electrons. The zero-order valence-corrected chi connectivity index (χ0v) is 8.85. The number of amides is 1. The van der Waals surface area contributed by atoms with E-state index in [0.717, 1.165) is 4.90 Å². The van der Waals surface area contributed by atoms with E-state index in [2.05, 4.69) is 0 Å². The summed E-state index contributed by atoms with van der Waals surface area (Å²) >= 11 is 0. The van der Waals surface area contributed by atoms with Crippen LogP contribution in [0.25, 0.3) is 0 Å². The van der Waals surface area contributed by atoms with Gasteiger partial charge in [-0.05, 0) is 20.8 Å². The Hall–Kier alpha value is -0.870. The van der Waals surface area contributed by atoms with E-state index in [1.54, 1.807) is 20.8 Å². The third-order valence-corrected chi connectivity index (χ3v) is 1.36. The number of hydrogen-bond acceptors (Lipinski definition) is 2. The summed E-state index contributed by atoms with van der Waals surface area (Å²) in [4.78, 5) is 12.3. The lowest BCUT2D eigenvalue weighted by atomic mass is 10.2. The second kappa shape index (κ2) is 5.78. The van der Waals surface area contributed by atoms with Gasteiger partial charge in [-0.25, -0.2) is 13.6 Å². The van der Waals surface area contributed by atoms with Crippen LogP contribution in [0.2, 0.25) is 0 Å². The lowest BCUT2D eigenvalue weighted by molar-refractivity contribution is 0.0228. The van der Waals surface area contributed by atoms with Gasteiger partial charge >= 0.3 is 6.09 Å².